The fourth-order valence-electron chi connectivity index (χ4n) is 2.25. The standard InChI is InChI=1S/C11H20N4O/c1-2-3-7-15-10(13-14-11(15)16)9-5-4-6-12-8-9/h9,12H,2-8H2,1H3,(H,14,16). The molecule has 5 heteroatoms. The summed E-state index contributed by atoms with van der Waals surface area (Å²) in [5, 5.41) is 10.1. The Kier molecular flexibility index (Phi) is 3.77. The van der Waals surface area contributed by atoms with Gasteiger partial charge in [0.2, 0.25) is 0 Å². The van der Waals surface area contributed by atoms with Gasteiger partial charge in [-0.15, -0.1) is 0 Å². The molecule has 1 aromatic rings. The third-order valence-electron chi connectivity index (χ3n) is 3.19. The number of rotatable bonds is 4. The molecule has 0 amide bonds. The van der Waals surface area contributed by atoms with Gasteiger partial charge in [-0.05, 0) is 25.8 Å². The van der Waals surface area contributed by atoms with Crippen LogP contribution in [0, 0.1) is 0 Å². The van der Waals surface area contributed by atoms with E-state index in [-0.39, 0.29) is 5.69 Å². The number of nitrogens with one attached hydrogen (secondary N) is 2. The average Bonchev–Trinajstić information content (AvgIpc) is 2.69. The molecule has 1 atom stereocenters. The molecule has 0 saturated carbocycles. The maximum absolute atomic E-state index is 11.6. The quantitative estimate of drug-likeness (QED) is 0.796. The van der Waals surface area contributed by atoms with Crippen molar-refractivity contribution in [3.8, 4) is 0 Å². The highest BCUT2D eigenvalue weighted by Gasteiger charge is 2.21. The number of hydrogen-bond donors (Lipinski definition) is 2. The van der Waals surface area contributed by atoms with Gasteiger partial charge in [0.15, 0.2) is 0 Å². The van der Waals surface area contributed by atoms with E-state index in [9.17, 15) is 4.79 Å². The van der Waals surface area contributed by atoms with Crippen LogP contribution < -0.4 is 11.0 Å². The molecule has 1 fully saturated rings. The first-order valence-electron chi connectivity index (χ1n) is 6.18. The number of nitrogens with zero attached hydrogens (tertiary/aromatic N) is 2. The highest BCUT2D eigenvalue weighted by Crippen LogP contribution is 2.20. The van der Waals surface area contributed by atoms with Crippen LogP contribution in [0.4, 0.5) is 0 Å². The largest absolute Gasteiger partial charge is 0.343 e. The van der Waals surface area contributed by atoms with E-state index in [1.807, 2.05) is 0 Å². The van der Waals surface area contributed by atoms with Crippen molar-refractivity contribution in [3.05, 3.63) is 16.3 Å². The van der Waals surface area contributed by atoms with Crippen molar-refractivity contribution in [2.75, 3.05) is 13.1 Å². The van der Waals surface area contributed by atoms with Gasteiger partial charge in [0.1, 0.15) is 5.82 Å². The fourth-order valence-corrected chi connectivity index (χ4v) is 2.25. The first kappa shape index (κ1) is 11.4. The van der Waals surface area contributed by atoms with Crippen molar-refractivity contribution in [3.63, 3.8) is 0 Å². The topological polar surface area (TPSA) is 62.7 Å². The monoisotopic (exact) mass is 224 g/mol. The van der Waals surface area contributed by atoms with Crippen LogP contribution >= 0.6 is 0 Å². The van der Waals surface area contributed by atoms with Crippen molar-refractivity contribution in [1.82, 2.24) is 20.1 Å². The van der Waals surface area contributed by atoms with E-state index in [1.54, 1.807) is 4.57 Å². The molecule has 0 spiro atoms. The lowest BCUT2D eigenvalue weighted by atomic mass is 9.99. The predicted octanol–water partition coefficient (Wildman–Crippen LogP) is 0.838. The summed E-state index contributed by atoms with van der Waals surface area (Å²) in [5.41, 5.74) is -0.0611. The van der Waals surface area contributed by atoms with Crippen LogP contribution in [0.15, 0.2) is 4.79 Å². The summed E-state index contributed by atoms with van der Waals surface area (Å²) < 4.78 is 1.81. The van der Waals surface area contributed by atoms with Crippen LogP contribution in [-0.2, 0) is 6.54 Å². The molecule has 0 radical (unpaired) electrons. The van der Waals surface area contributed by atoms with Gasteiger partial charge in [-0.1, -0.05) is 13.3 Å². The Hall–Kier alpha value is -1.10. The smallest absolute Gasteiger partial charge is 0.316 e. The van der Waals surface area contributed by atoms with Gasteiger partial charge in [0.25, 0.3) is 0 Å². The lowest BCUT2D eigenvalue weighted by Gasteiger charge is -2.22. The molecule has 2 heterocycles. The van der Waals surface area contributed by atoms with E-state index in [4.69, 9.17) is 0 Å². The number of hydrogen-bond acceptors (Lipinski definition) is 3. The molecule has 0 aliphatic carbocycles. The molecule has 0 aromatic carbocycles. The summed E-state index contributed by atoms with van der Waals surface area (Å²) in [6, 6.07) is 0. The number of unbranched alkanes of at least 4 members (excludes halogenated alkanes) is 1. The predicted molar refractivity (Wildman–Crippen MR) is 62.6 cm³/mol. The summed E-state index contributed by atoms with van der Waals surface area (Å²) in [4.78, 5) is 11.6. The SMILES string of the molecule is CCCCn1c(C2CCCNC2)n[nH]c1=O. The molecule has 1 unspecified atom stereocenters. The van der Waals surface area contributed by atoms with Gasteiger partial charge in [0, 0.05) is 19.0 Å². The van der Waals surface area contributed by atoms with Crippen LogP contribution in [0.3, 0.4) is 0 Å². The second-order valence-corrected chi connectivity index (χ2v) is 4.44. The maximum Gasteiger partial charge on any atom is 0.343 e. The Labute approximate surface area is 95.2 Å². The van der Waals surface area contributed by atoms with Gasteiger partial charge in [-0.3, -0.25) is 4.57 Å². The zero-order valence-electron chi connectivity index (χ0n) is 9.83. The fraction of sp³-hybridized carbons (Fsp3) is 0.818. The molecular formula is C11H20N4O. The van der Waals surface area contributed by atoms with Crippen LogP contribution in [0.2, 0.25) is 0 Å². The number of aromatic nitrogens is 3. The summed E-state index contributed by atoms with van der Waals surface area (Å²) >= 11 is 0. The Bertz CT molecular complexity index is 376. The molecule has 2 N–H and O–H groups in total. The lowest BCUT2D eigenvalue weighted by Crippen LogP contribution is -2.31. The van der Waals surface area contributed by atoms with Crippen molar-refractivity contribution >= 4 is 0 Å². The lowest BCUT2D eigenvalue weighted by molar-refractivity contribution is 0.427. The molecule has 1 aromatic heterocycles. The molecule has 0 bridgehead atoms. The minimum absolute atomic E-state index is 0.0611. The highest BCUT2D eigenvalue weighted by molar-refractivity contribution is 4.99. The number of H-pyrrole nitrogens is 1. The molecule has 90 valence electrons. The first-order valence-corrected chi connectivity index (χ1v) is 6.18. The minimum Gasteiger partial charge on any atom is -0.316 e. The number of aromatic amines is 1. The molecule has 1 aliphatic rings. The molecule has 1 aliphatic heterocycles. The van der Waals surface area contributed by atoms with Crippen LogP contribution in [-0.4, -0.2) is 27.9 Å². The van der Waals surface area contributed by atoms with E-state index in [2.05, 4.69) is 22.4 Å². The van der Waals surface area contributed by atoms with Crippen molar-refractivity contribution in [2.45, 2.75) is 45.1 Å². The third-order valence-corrected chi connectivity index (χ3v) is 3.19. The van der Waals surface area contributed by atoms with Crippen LogP contribution in [0.5, 0.6) is 0 Å². The van der Waals surface area contributed by atoms with E-state index in [0.29, 0.717) is 5.92 Å². The average molecular weight is 224 g/mol. The Balaban J connectivity index is 2.15. The molecular weight excluding hydrogens is 204 g/mol. The molecule has 1 saturated heterocycles. The zero-order valence-corrected chi connectivity index (χ0v) is 9.83. The van der Waals surface area contributed by atoms with Gasteiger partial charge in [-0.25, -0.2) is 9.89 Å². The number of piperidine rings is 1. The van der Waals surface area contributed by atoms with E-state index >= 15 is 0 Å². The highest BCUT2D eigenvalue weighted by atomic mass is 16.1. The normalized spacial score (nSPS) is 21.2. The van der Waals surface area contributed by atoms with Crippen LogP contribution in [0.25, 0.3) is 0 Å². The Morgan fingerprint density at radius 3 is 3.12 bits per heavy atom. The Morgan fingerprint density at radius 1 is 1.56 bits per heavy atom. The van der Waals surface area contributed by atoms with Crippen molar-refractivity contribution in [2.24, 2.45) is 0 Å². The summed E-state index contributed by atoms with van der Waals surface area (Å²) in [5.74, 6) is 1.33. The Morgan fingerprint density at radius 2 is 2.44 bits per heavy atom. The van der Waals surface area contributed by atoms with E-state index < -0.39 is 0 Å². The second-order valence-electron chi connectivity index (χ2n) is 4.44. The van der Waals surface area contributed by atoms with E-state index in [1.165, 1.54) is 6.42 Å². The molecule has 16 heavy (non-hydrogen) atoms. The summed E-state index contributed by atoms with van der Waals surface area (Å²) in [7, 11) is 0. The summed E-state index contributed by atoms with van der Waals surface area (Å²) in [6.07, 6.45) is 4.43. The van der Waals surface area contributed by atoms with Gasteiger partial charge in [-0.2, -0.15) is 5.10 Å². The van der Waals surface area contributed by atoms with Gasteiger partial charge >= 0.3 is 5.69 Å². The van der Waals surface area contributed by atoms with Crippen molar-refractivity contribution in [1.29, 1.82) is 0 Å². The van der Waals surface area contributed by atoms with Crippen LogP contribution in [0.1, 0.15) is 44.3 Å². The zero-order chi connectivity index (χ0) is 11.4. The minimum atomic E-state index is -0.0611. The third kappa shape index (κ3) is 2.35. The van der Waals surface area contributed by atoms with E-state index in [0.717, 1.165) is 44.7 Å². The van der Waals surface area contributed by atoms with Gasteiger partial charge in [0.05, 0.1) is 0 Å². The van der Waals surface area contributed by atoms with Crippen molar-refractivity contribution < 1.29 is 0 Å². The van der Waals surface area contributed by atoms with Gasteiger partial charge < -0.3 is 5.32 Å². The first-order chi connectivity index (χ1) is 7.83. The second kappa shape index (κ2) is 5.30. The molecule has 5 nitrogen and oxygen atoms in total. The maximum atomic E-state index is 11.6. The molecule has 2 rings (SSSR count). The summed E-state index contributed by atoms with van der Waals surface area (Å²) in [6.45, 7) is 4.95.